The van der Waals surface area contributed by atoms with E-state index >= 15 is 0 Å². The first-order valence-electron chi connectivity index (χ1n) is 7.42. The van der Waals surface area contributed by atoms with Crippen molar-refractivity contribution in [2.45, 2.75) is 6.42 Å². The third-order valence-corrected chi connectivity index (χ3v) is 4.09. The molecule has 0 saturated carbocycles. The van der Waals surface area contributed by atoms with E-state index < -0.39 is 11.9 Å². The molecule has 2 aromatic carbocycles. The van der Waals surface area contributed by atoms with Crippen LogP contribution >= 0.6 is 23.2 Å². The predicted molar refractivity (Wildman–Crippen MR) is 96.1 cm³/mol. The number of rotatable bonds is 4. The molecule has 3 rings (SSSR count). The lowest BCUT2D eigenvalue weighted by Gasteiger charge is -2.30. The summed E-state index contributed by atoms with van der Waals surface area (Å²) in [4.78, 5) is 25.0. The summed E-state index contributed by atoms with van der Waals surface area (Å²) in [6.45, 7) is 0.0167. The lowest BCUT2D eigenvalue weighted by molar-refractivity contribution is -0.136. The lowest BCUT2D eigenvalue weighted by Crippen LogP contribution is -2.38. The Bertz CT molecular complexity index is 862. The van der Waals surface area contributed by atoms with Gasteiger partial charge in [0, 0.05) is 16.6 Å². The molecule has 25 heavy (non-hydrogen) atoms. The minimum absolute atomic E-state index is 0.0167. The Kier molecular flexibility index (Phi) is 4.97. The van der Waals surface area contributed by atoms with Crippen molar-refractivity contribution in [1.29, 1.82) is 0 Å². The zero-order valence-corrected chi connectivity index (χ0v) is 14.4. The number of carbonyl (C=O) groups excluding carboxylic acids is 1. The average Bonchev–Trinajstić information content (AvgIpc) is 2.57. The molecular formula is C18H13Cl2NO4. The highest BCUT2D eigenvalue weighted by molar-refractivity contribution is 6.31. The van der Waals surface area contributed by atoms with Gasteiger partial charge in [0.1, 0.15) is 0 Å². The monoisotopic (exact) mass is 377 g/mol. The van der Waals surface area contributed by atoms with Crippen LogP contribution in [-0.4, -0.2) is 23.5 Å². The van der Waals surface area contributed by atoms with Crippen molar-refractivity contribution in [2.75, 3.05) is 11.4 Å². The van der Waals surface area contributed by atoms with Crippen molar-refractivity contribution in [3.8, 4) is 5.75 Å². The van der Waals surface area contributed by atoms with Crippen LogP contribution in [-0.2, 0) is 9.59 Å². The molecule has 2 aromatic rings. The molecule has 0 aliphatic carbocycles. The predicted octanol–water partition coefficient (Wildman–Crippen LogP) is 4.23. The van der Waals surface area contributed by atoms with E-state index in [4.69, 9.17) is 33.0 Å². The van der Waals surface area contributed by atoms with Gasteiger partial charge in [0.05, 0.1) is 12.1 Å². The maximum absolute atomic E-state index is 12.8. The molecule has 7 heteroatoms. The van der Waals surface area contributed by atoms with Crippen LogP contribution in [0.15, 0.2) is 48.2 Å². The molecular weight excluding hydrogens is 365 g/mol. The summed E-state index contributed by atoms with van der Waals surface area (Å²) >= 11 is 11.9. The van der Waals surface area contributed by atoms with Gasteiger partial charge in [0.2, 0.25) is 0 Å². The van der Waals surface area contributed by atoms with Crippen molar-refractivity contribution in [1.82, 2.24) is 0 Å². The number of halogens is 2. The van der Waals surface area contributed by atoms with Gasteiger partial charge in [0.15, 0.2) is 11.5 Å². The third kappa shape index (κ3) is 3.95. The standard InChI is InChI=1S/C18H13Cl2NO4/c19-12-3-1-11(2-4-12)9-16-18(24)21(8-7-17(22)23)14-10-13(20)5-6-15(14)25-16/h1-6,9-10H,7-8H2,(H,22,23)/b16-9+. The quantitative estimate of drug-likeness (QED) is 0.809. The van der Waals surface area contributed by atoms with E-state index in [1.165, 1.54) is 4.90 Å². The number of nitrogens with zero attached hydrogens (tertiary/aromatic N) is 1. The molecule has 1 aliphatic heterocycles. The zero-order chi connectivity index (χ0) is 18.0. The number of fused-ring (bicyclic) bond motifs is 1. The Morgan fingerprint density at radius 3 is 2.48 bits per heavy atom. The van der Waals surface area contributed by atoms with Crippen molar-refractivity contribution in [2.24, 2.45) is 0 Å². The first-order chi connectivity index (χ1) is 11.9. The minimum Gasteiger partial charge on any atom is -0.481 e. The van der Waals surface area contributed by atoms with E-state index in [1.807, 2.05) is 0 Å². The lowest BCUT2D eigenvalue weighted by atomic mass is 10.1. The third-order valence-electron chi connectivity index (χ3n) is 3.60. The smallest absolute Gasteiger partial charge is 0.305 e. The molecule has 0 unspecified atom stereocenters. The molecule has 0 radical (unpaired) electrons. The van der Waals surface area contributed by atoms with Crippen molar-refractivity contribution < 1.29 is 19.4 Å². The van der Waals surface area contributed by atoms with Gasteiger partial charge in [-0.25, -0.2) is 0 Å². The number of carbonyl (C=O) groups is 2. The molecule has 1 heterocycles. The Morgan fingerprint density at radius 2 is 1.80 bits per heavy atom. The summed E-state index contributed by atoms with van der Waals surface area (Å²) in [6, 6.07) is 11.8. The normalized spacial score (nSPS) is 15.0. The average molecular weight is 378 g/mol. The molecule has 0 bridgehead atoms. The van der Waals surface area contributed by atoms with Crippen LogP contribution in [0.1, 0.15) is 12.0 Å². The molecule has 0 spiro atoms. The Balaban J connectivity index is 1.99. The first-order valence-corrected chi connectivity index (χ1v) is 8.18. The summed E-state index contributed by atoms with van der Waals surface area (Å²) in [5.74, 6) is -0.880. The maximum atomic E-state index is 12.8. The van der Waals surface area contributed by atoms with Gasteiger partial charge < -0.3 is 14.7 Å². The molecule has 1 amide bonds. The number of anilines is 1. The molecule has 1 N–H and O–H groups in total. The topological polar surface area (TPSA) is 66.8 Å². The fourth-order valence-corrected chi connectivity index (χ4v) is 2.72. The Morgan fingerprint density at radius 1 is 1.12 bits per heavy atom. The molecule has 0 fully saturated rings. The van der Waals surface area contributed by atoms with E-state index in [9.17, 15) is 9.59 Å². The van der Waals surface area contributed by atoms with Gasteiger partial charge in [-0.1, -0.05) is 35.3 Å². The SMILES string of the molecule is O=C(O)CCN1C(=O)/C(=C\c2ccc(Cl)cc2)Oc2ccc(Cl)cc21. The molecule has 128 valence electrons. The number of benzene rings is 2. The second kappa shape index (κ2) is 7.17. The zero-order valence-electron chi connectivity index (χ0n) is 12.9. The summed E-state index contributed by atoms with van der Waals surface area (Å²) in [6.07, 6.45) is 1.40. The van der Waals surface area contributed by atoms with E-state index in [0.29, 0.717) is 21.5 Å². The largest absolute Gasteiger partial charge is 0.481 e. The van der Waals surface area contributed by atoms with Gasteiger partial charge >= 0.3 is 5.97 Å². The van der Waals surface area contributed by atoms with Crippen LogP contribution in [0.5, 0.6) is 5.75 Å². The fourth-order valence-electron chi connectivity index (χ4n) is 2.42. The van der Waals surface area contributed by atoms with E-state index in [-0.39, 0.29) is 18.7 Å². The molecule has 5 nitrogen and oxygen atoms in total. The highest BCUT2D eigenvalue weighted by atomic mass is 35.5. The number of hydrogen-bond acceptors (Lipinski definition) is 3. The minimum atomic E-state index is -0.994. The molecule has 0 atom stereocenters. The Labute approximate surface area is 154 Å². The summed E-state index contributed by atoms with van der Waals surface area (Å²) in [5, 5.41) is 9.95. The van der Waals surface area contributed by atoms with Crippen molar-refractivity contribution >= 4 is 46.8 Å². The van der Waals surface area contributed by atoms with Crippen LogP contribution in [0.2, 0.25) is 10.0 Å². The summed E-state index contributed by atoms with van der Waals surface area (Å²) in [7, 11) is 0. The number of aliphatic carboxylic acids is 1. The highest BCUT2D eigenvalue weighted by Crippen LogP contribution is 2.37. The number of carboxylic acids is 1. The fraction of sp³-hybridized carbons (Fsp3) is 0.111. The second-order valence-electron chi connectivity index (χ2n) is 5.37. The maximum Gasteiger partial charge on any atom is 0.305 e. The number of carboxylic acid groups (broad SMARTS) is 1. The van der Waals surface area contributed by atoms with Crippen molar-refractivity contribution in [3.05, 3.63) is 63.8 Å². The van der Waals surface area contributed by atoms with Crippen LogP contribution in [0, 0.1) is 0 Å². The van der Waals surface area contributed by atoms with E-state index in [1.54, 1.807) is 48.5 Å². The number of amides is 1. The molecule has 0 aromatic heterocycles. The Hall–Kier alpha value is -2.50. The van der Waals surface area contributed by atoms with E-state index in [0.717, 1.165) is 5.56 Å². The van der Waals surface area contributed by atoms with Gasteiger partial charge in [-0.2, -0.15) is 0 Å². The summed E-state index contributed by atoms with van der Waals surface area (Å²) in [5.41, 5.74) is 1.19. The van der Waals surface area contributed by atoms with Gasteiger partial charge in [-0.3, -0.25) is 9.59 Å². The van der Waals surface area contributed by atoms with Crippen LogP contribution in [0.3, 0.4) is 0 Å². The highest BCUT2D eigenvalue weighted by Gasteiger charge is 2.30. The second-order valence-corrected chi connectivity index (χ2v) is 6.25. The molecule has 1 aliphatic rings. The van der Waals surface area contributed by atoms with E-state index in [2.05, 4.69) is 0 Å². The first kappa shape index (κ1) is 17.3. The number of hydrogen-bond donors (Lipinski definition) is 1. The van der Waals surface area contributed by atoms with Gasteiger partial charge in [-0.15, -0.1) is 0 Å². The van der Waals surface area contributed by atoms with Crippen LogP contribution < -0.4 is 9.64 Å². The summed E-state index contributed by atoms with van der Waals surface area (Å²) < 4.78 is 5.70. The van der Waals surface area contributed by atoms with Crippen LogP contribution in [0.25, 0.3) is 6.08 Å². The number of ether oxygens (including phenoxy) is 1. The van der Waals surface area contributed by atoms with Crippen LogP contribution in [0.4, 0.5) is 5.69 Å². The molecule has 0 saturated heterocycles. The van der Waals surface area contributed by atoms with Gasteiger partial charge in [0.25, 0.3) is 5.91 Å². The van der Waals surface area contributed by atoms with Crippen molar-refractivity contribution in [3.63, 3.8) is 0 Å². The van der Waals surface area contributed by atoms with Gasteiger partial charge in [-0.05, 0) is 42.0 Å².